The standard InChI is InChI=1S/C17H21NO/c1-4-18-12-15-11-14(3)7-10-17(15)19-16-8-5-13(2)6-9-16/h5-11,18H,4,12H2,1-3H3. The number of hydrogen-bond acceptors (Lipinski definition) is 2. The molecule has 0 aliphatic rings. The molecule has 0 atom stereocenters. The van der Waals surface area contributed by atoms with Crippen molar-refractivity contribution in [2.75, 3.05) is 6.54 Å². The Morgan fingerprint density at radius 3 is 2.32 bits per heavy atom. The van der Waals surface area contributed by atoms with Crippen LogP contribution in [-0.4, -0.2) is 6.54 Å². The van der Waals surface area contributed by atoms with Crippen molar-refractivity contribution in [2.24, 2.45) is 0 Å². The highest BCUT2D eigenvalue weighted by Crippen LogP contribution is 2.26. The fourth-order valence-corrected chi connectivity index (χ4v) is 1.94. The van der Waals surface area contributed by atoms with Gasteiger partial charge in [-0.15, -0.1) is 0 Å². The zero-order valence-electron chi connectivity index (χ0n) is 11.9. The lowest BCUT2D eigenvalue weighted by atomic mass is 10.1. The Balaban J connectivity index is 2.20. The molecule has 0 aliphatic carbocycles. The Kier molecular flexibility index (Phi) is 4.58. The van der Waals surface area contributed by atoms with Crippen molar-refractivity contribution in [3.63, 3.8) is 0 Å². The molecule has 0 aliphatic heterocycles. The molecule has 0 fully saturated rings. The predicted octanol–water partition coefficient (Wildman–Crippen LogP) is 4.21. The normalized spacial score (nSPS) is 10.5. The molecule has 0 unspecified atom stereocenters. The van der Waals surface area contributed by atoms with E-state index < -0.39 is 0 Å². The number of aryl methyl sites for hydroxylation is 2. The fraction of sp³-hybridized carbons (Fsp3) is 0.294. The molecule has 0 bridgehead atoms. The molecule has 0 aromatic heterocycles. The first kappa shape index (κ1) is 13.6. The van der Waals surface area contributed by atoms with Crippen LogP contribution in [0.5, 0.6) is 11.5 Å². The lowest BCUT2D eigenvalue weighted by Crippen LogP contribution is -2.12. The van der Waals surface area contributed by atoms with E-state index in [0.717, 1.165) is 24.6 Å². The molecule has 0 saturated heterocycles. The smallest absolute Gasteiger partial charge is 0.131 e. The summed E-state index contributed by atoms with van der Waals surface area (Å²) in [6, 6.07) is 14.4. The highest BCUT2D eigenvalue weighted by Gasteiger charge is 2.05. The van der Waals surface area contributed by atoms with Gasteiger partial charge in [-0.05, 0) is 38.6 Å². The van der Waals surface area contributed by atoms with Gasteiger partial charge < -0.3 is 10.1 Å². The molecule has 0 radical (unpaired) electrons. The third-order valence-electron chi connectivity index (χ3n) is 3.03. The van der Waals surface area contributed by atoms with Crippen LogP contribution < -0.4 is 10.1 Å². The van der Waals surface area contributed by atoms with Crippen LogP contribution in [0.1, 0.15) is 23.6 Å². The van der Waals surface area contributed by atoms with Crippen LogP contribution in [0.15, 0.2) is 42.5 Å². The van der Waals surface area contributed by atoms with Crippen LogP contribution in [0, 0.1) is 13.8 Å². The van der Waals surface area contributed by atoms with Crippen molar-refractivity contribution in [3.8, 4) is 11.5 Å². The number of ether oxygens (including phenoxy) is 1. The van der Waals surface area contributed by atoms with Crippen molar-refractivity contribution < 1.29 is 4.74 Å². The molecule has 0 saturated carbocycles. The van der Waals surface area contributed by atoms with Gasteiger partial charge in [-0.1, -0.05) is 42.3 Å². The van der Waals surface area contributed by atoms with Crippen LogP contribution in [0.3, 0.4) is 0 Å². The Morgan fingerprint density at radius 2 is 1.63 bits per heavy atom. The molecule has 1 N–H and O–H groups in total. The highest BCUT2D eigenvalue weighted by atomic mass is 16.5. The molecule has 0 amide bonds. The monoisotopic (exact) mass is 255 g/mol. The van der Waals surface area contributed by atoms with Gasteiger partial charge in [0.25, 0.3) is 0 Å². The summed E-state index contributed by atoms with van der Waals surface area (Å²) in [5, 5.41) is 3.35. The summed E-state index contributed by atoms with van der Waals surface area (Å²) >= 11 is 0. The summed E-state index contributed by atoms with van der Waals surface area (Å²) in [5.74, 6) is 1.81. The van der Waals surface area contributed by atoms with Crippen LogP contribution in [0.4, 0.5) is 0 Å². The molecule has 19 heavy (non-hydrogen) atoms. The van der Waals surface area contributed by atoms with E-state index in [1.54, 1.807) is 0 Å². The SMILES string of the molecule is CCNCc1cc(C)ccc1Oc1ccc(C)cc1. The van der Waals surface area contributed by atoms with E-state index in [0.29, 0.717) is 0 Å². The third-order valence-corrected chi connectivity index (χ3v) is 3.03. The maximum absolute atomic E-state index is 5.98. The molecule has 2 rings (SSSR count). The summed E-state index contributed by atoms with van der Waals surface area (Å²) in [5.41, 5.74) is 3.69. The summed E-state index contributed by atoms with van der Waals surface area (Å²) in [7, 11) is 0. The van der Waals surface area contributed by atoms with E-state index in [4.69, 9.17) is 4.74 Å². The molecule has 0 spiro atoms. The average Bonchev–Trinajstić information content (AvgIpc) is 2.41. The minimum atomic E-state index is 0.833. The second-order valence-electron chi connectivity index (χ2n) is 4.81. The molecule has 2 aromatic rings. The lowest BCUT2D eigenvalue weighted by Gasteiger charge is -2.12. The average molecular weight is 255 g/mol. The van der Waals surface area contributed by atoms with Gasteiger partial charge in [0.1, 0.15) is 11.5 Å². The number of nitrogens with one attached hydrogen (secondary N) is 1. The van der Waals surface area contributed by atoms with E-state index in [1.165, 1.54) is 16.7 Å². The quantitative estimate of drug-likeness (QED) is 0.864. The Labute approximate surface area is 115 Å². The molecule has 100 valence electrons. The molecule has 0 heterocycles. The molecular weight excluding hydrogens is 234 g/mol. The van der Waals surface area contributed by atoms with Gasteiger partial charge >= 0.3 is 0 Å². The first-order chi connectivity index (χ1) is 9.19. The number of benzene rings is 2. The summed E-state index contributed by atoms with van der Waals surface area (Å²) in [6.45, 7) is 8.07. The first-order valence-electron chi connectivity index (χ1n) is 6.74. The Bertz CT molecular complexity index is 531. The van der Waals surface area contributed by atoms with Crippen LogP contribution in [0.25, 0.3) is 0 Å². The number of rotatable bonds is 5. The van der Waals surface area contributed by atoms with E-state index in [9.17, 15) is 0 Å². The van der Waals surface area contributed by atoms with Crippen molar-refractivity contribution in [3.05, 3.63) is 59.2 Å². The van der Waals surface area contributed by atoms with Gasteiger partial charge in [0.2, 0.25) is 0 Å². The topological polar surface area (TPSA) is 21.3 Å². The third kappa shape index (κ3) is 3.83. The first-order valence-corrected chi connectivity index (χ1v) is 6.74. The van der Waals surface area contributed by atoms with E-state index in [1.807, 2.05) is 18.2 Å². The molecule has 2 aromatic carbocycles. The van der Waals surface area contributed by atoms with Gasteiger partial charge in [0.05, 0.1) is 0 Å². The summed E-state index contributed by atoms with van der Waals surface area (Å²) < 4.78 is 5.98. The second-order valence-corrected chi connectivity index (χ2v) is 4.81. The van der Waals surface area contributed by atoms with Crippen LogP contribution >= 0.6 is 0 Å². The zero-order chi connectivity index (χ0) is 13.7. The fourth-order valence-electron chi connectivity index (χ4n) is 1.94. The molecular formula is C17H21NO. The summed E-state index contributed by atoms with van der Waals surface area (Å²) in [4.78, 5) is 0. The van der Waals surface area contributed by atoms with Crippen molar-refractivity contribution in [1.82, 2.24) is 5.32 Å². The zero-order valence-corrected chi connectivity index (χ0v) is 11.9. The van der Waals surface area contributed by atoms with Gasteiger partial charge in [0.15, 0.2) is 0 Å². The lowest BCUT2D eigenvalue weighted by molar-refractivity contribution is 0.473. The second kappa shape index (κ2) is 6.39. The maximum atomic E-state index is 5.98. The van der Waals surface area contributed by atoms with Crippen LogP contribution in [-0.2, 0) is 6.54 Å². The predicted molar refractivity (Wildman–Crippen MR) is 79.8 cm³/mol. The van der Waals surface area contributed by atoms with Crippen LogP contribution in [0.2, 0.25) is 0 Å². The van der Waals surface area contributed by atoms with Crippen molar-refractivity contribution in [1.29, 1.82) is 0 Å². The summed E-state index contributed by atoms with van der Waals surface area (Å²) in [6.07, 6.45) is 0. The van der Waals surface area contributed by atoms with Gasteiger partial charge in [0, 0.05) is 12.1 Å². The number of hydrogen-bond donors (Lipinski definition) is 1. The van der Waals surface area contributed by atoms with Crippen molar-refractivity contribution in [2.45, 2.75) is 27.3 Å². The molecule has 2 heteroatoms. The minimum absolute atomic E-state index is 0.833. The highest BCUT2D eigenvalue weighted by molar-refractivity contribution is 5.40. The minimum Gasteiger partial charge on any atom is -0.457 e. The van der Waals surface area contributed by atoms with Crippen molar-refractivity contribution >= 4 is 0 Å². The van der Waals surface area contributed by atoms with Gasteiger partial charge in [-0.2, -0.15) is 0 Å². The van der Waals surface area contributed by atoms with Gasteiger partial charge in [-0.3, -0.25) is 0 Å². The Morgan fingerprint density at radius 1 is 0.947 bits per heavy atom. The molecule has 2 nitrogen and oxygen atoms in total. The maximum Gasteiger partial charge on any atom is 0.131 e. The van der Waals surface area contributed by atoms with E-state index in [-0.39, 0.29) is 0 Å². The van der Waals surface area contributed by atoms with E-state index in [2.05, 4.69) is 50.4 Å². The van der Waals surface area contributed by atoms with Gasteiger partial charge in [-0.25, -0.2) is 0 Å². The van der Waals surface area contributed by atoms with E-state index >= 15 is 0 Å². The largest absolute Gasteiger partial charge is 0.457 e. The Hall–Kier alpha value is -1.80.